The maximum Gasteiger partial charge on any atom is 0.573 e. The van der Waals surface area contributed by atoms with E-state index in [0.717, 1.165) is 67.8 Å². The van der Waals surface area contributed by atoms with Gasteiger partial charge in [-0.3, -0.25) is 4.90 Å². The minimum absolute atomic E-state index is 0.177. The summed E-state index contributed by atoms with van der Waals surface area (Å²) < 4.78 is 55.3. The Morgan fingerprint density at radius 2 is 1.88 bits per heavy atom. The van der Waals surface area contributed by atoms with Crippen molar-refractivity contribution in [3.05, 3.63) is 65.6 Å². The molecular weight excluding hydrogens is 422 g/mol. The summed E-state index contributed by atoms with van der Waals surface area (Å²) >= 11 is 0. The van der Waals surface area contributed by atoms with E-state index in [1.54, 1.807) is 12.1 Å². The van der Waals surface area contributed by atoms with Crippen LogP contribution in [0.3, 0.4) is 0 Å². The van der Waals surface area contributed by atoms with Crippen molar-refractivity contribution in [2.75, 3.05) is 36.8 Å². The molecule has 1 fully saturated rings. The highest BCUT2D eigenvalue weighted by atomic mass is 19.4. The smallest absolute Gasteiger partial charge is 0.406 e. The number of aryl methyl sites for hydroxylation is 1. The SMILES string of the molecule is C=C(CN1CCC(c2cccc(OC(F)(F)F)c2)CC1)N1CCCc2cc(F)cc(N)c21. The van der Waals surface area contributed by atoms with Gasteiger partial charge in [0.15, 0.2) is 0 Å². The zero-order chi connectivity index (χ0) is 22.9. The average molecular weight is 449 g/mol. The first-order valence-electron chi connectivity index (χ1n) is 10.8. The third kappa shape index (κ3) is 5.18. The second kappa shape index (κ2) is 9.02. The van der Waals surface area contributed by atoms with E-state index in [2.05, 4.69) is 21.1 Å². The monoisotopic (exact) mass is 449 g/mol. The number of nitrogens with zero attached hydrogens (tertiary/aromatic N) is 2. The lowest BCUT2D eigenvalue weighted by molar-refractivity contribution is -0.274. The molecule has 0 radical (unpaired) electrons. The molecule has 32 heavy (non-hydrogen) atoms. The van der Waals surface area contributed by atoms with Crippen LogP contribution in [-0.4, -0.2) is 37.4 Å². The van der Waals surface area contributed by atoms with Crippen LogP contribution in [0.1, 0.15) is 36.3 Å². The van der Waals surface area contributed by atoms with Crippen LogP contribution in [0.25, 0.3) is 0 Å². The van der Waals surface area contributed by atoms with E-state index in [-0.39, 0.29) is 17.5 Å². The summed E-state index contributed by atoms with van der Waals surface area (Å²) in [6, 6.07) is 9.17. The maximum absolute atomic E-state index is 13.7. The number of benzene rings is 2. The lowest BCUT2D eigenvalue weighted by Crippen LogP contribution is -2.39. The Morgan fingerprint density at radius 1 is 1.12 bits per heavy atom. The molecule has 4 nitrogen and oxygen atoms in total. The van der Waals surface area contributed by atoms with Crippen molar-refractivity contribution in [2.45, 2.75) is 38.0 Å². The summed E-state index contributed by atoms with van der Waals surface area (Å²) in [5.74, 6) is -0.310. The summed E-state index contributed by atoms with van der Waals surface area (Å²) in [6.07, 6.45) is -1.30. The number of piperidine rings is 1. The highest BCUT2D eigenvalue weighted by Crippen LogP contribution is 2.37. The molecule has 0 atom stereocenters. The predicted molar refractivity (Wildman–Crippen MR) is 117 cm³/mol. The first kappa shape index (κ1) is 22.5. The van der Waals surface area contributed by atoms with Crippen molar-refractivity contribution in [3.63, 3.8) is 0 Å². The molecule has 2 aromatic carbocycles. The summed E-state index contributed by atoms with van der Waals surface area (Å²) in [4.78, 5) is 4.39. The van der Waals surface area contributed by atoms with E-state index in [1.165, 1.54) is 18.2 Å². The maximum atomic E-state index is 13.7. The molecule has 1 saturated heterocycles. The minimum Gasteiger partial charge on any atom is -0.406 e. The predicted octanol–water partition coefficient (Wildman–Crippen LogP) is 5.45. The first-order valence-corrected chi connectivity index (χ1v) is 10.8. The topological polar surface area (TPSA) is 41.7 Å². The molecule has 2 N–H and O–H groups in total. The molecule has 0 spiro atoms. The van der Waals surface area contributed by atoms with Gasteiger partial charge in [-0.25, -0.2) is 4.39 Å². The largest absolute Gasteiger partial charge is 0.573 e. The molecule has 0 saturated carbocycles. The minimum atomic E-state index is -4.69. The Labute approximate surface area is 185 Å². The lowest BCUT2D eigenvalue weighted by atomic mass is 9.89. The number of hydrogen-bond donors (Lipinski definition) is 1. The highest BCUT2D eigenvalue weighted by Gasteiger charge is 2.31. The van der Waals surface area contributed by atoms with Crippen molar-refractivity contribution in [1.82, 2.24) is 4.90 Å². The molecule has 0 aromatic heterocycles. The molecule has 0 amide bonds. The van der Waals surface area contributed by atoms with E-state index >= 15 is 0 Å². The Kier molecular flexibility index (Phi) is 6.33. The Hall–Kier alpha value is -2.74. The number of halogens is 4. The molecule has 4 rings (SSSR count). The van der Waals surface area contributed by atoms with Crippen molar-refractivity contribution in [2.24, 2.45) is 0 Å². The molecule has 2 aromatic rings. The van der Waals surface area contributed by atoms with Crippen LogP contribution >= 0.6 is 0 Å². The second-order valence-electron chi connectivity index (χ2n) is 8.49. The van der Waals surface area contributed by atoms with Gasteiger partial charge in [0.1, 0.15) is 11.6 Å². The molecule has 8 heteroatoms. The van der Waals surface area contributed by atoms with Crippen LogP contribution in [-0.2, 0) is 6.42 Å². The molecule has 0 aliphatic carbocycles. The van der Waals surface area contributed by atoms with E-state index in [1.807, 2.05) is 6.07 Å². The number of ether oxygens (including phenoxy) is 1. The van der Waals surface area contributed by atoms with Gasteiger partial charge < -0.3 is 15.4 Å². The van der Waals surface area contributed by atoms with Crippen LogP contribution in [0.4, 0.5) is 28.9 Å². The summed E-state index contributed by atoms with van der Waals surface area (Å²) in [5, 5.41) is 0. The number of hydrogen-bond acceptors (Lipinski definition) is 4. The van der Waals surface area contributed by atoms with Gasteiger partial charge in [-0.15, -0.1) is 13.2 Å². The Bertz CT molecular complexity index is 984. The highest BCUT2D eigenvalue weighted by molar-refractivity contribution is 5.75. The van der Waals surface area contributed by atoms with Gasteiger partial charge >= 0.3 is 6.36 Å². The number of rotatable bonds is 5. The summed E-state index contributed by atoms with van der Waals surface area (Å²) in [5.41, 5.74) is 10.1. The Balaban J connectivity index is 1.36. The van der Waals surface area contributed by atoms with Gasteiger partial charge in [-0.05, 0) is 80.1 Å². The molecule has 172 valence electrons. The standard InChI is InChI=1S/C24H27F4N3O/c1-16(31-9-3-5-19-12-20(25)14-22(29)23(19)31)15-30-10-7-17(8-11-30)18-4-2-6-21(13-18)32-24(26,27)28/h2,4,6,12-14,17H,1,3,5,7-11,15,29H2. The second-order valence-corrected chi connectivity index (χ2v) is 8.49. The first-order chi connectivity index (χ1) is 15.2. The third-order valence-corrected chi connectivity index (χ3v) is 6.22. The molecule has 2 aliphatic rings. The van der Waals surface area contributed by atoms with Crippen molar-refractivity contribution < 1.29 is 22.3 Å². The zero-order valence-electron chi connectivity index (χ0n) is 17.8. The quantitative estimate of drug-likeness (QED) is 0.487. The third-order valence-electron chi connectivity index (χ3n) is 6.22. The van der Waals surface area contributed by atoms with Crippen molar-refractivity contribution in [1.29, 1.82) is 0 Å². The molecular formula is C24H27F4N3O. The number of likely N-dealkylation sites (tertiary alicyclic amines) is 1. The van der Waals surface area contributed by atoms with Crippen molar-refractivity contribution in [3.8, 4) is 5.75 Å². The number of nitrogen functional groups attached to an aromatic ring is 1. The van der Waals surface area contributed by atoms with Crippen LogP contribution in [0.2, 0.25) is 0 Å². The molecule has 2 heterocycles. The van der Waals surface area contributed by atoms with Gasteiger partial charge in [0.2, 0.25) is 0 Å². The van der Waals surface area contributed by atoms with Gasteiger partial charge in [-0.2, -0.15) is 0 Å². The lowest BCUT2D eigenvalue weighted by Gasteiger charge is -2.38. The van der Waals surface area contributed by atoms with Gasteiger partial charge in [0.05, 0.1) is 11.4 Å². The Morgan fingerprint density at radius 3 is 2.59 bits per heavy atom. The normalized spacial score (nSPS) is 17.8. The average Bonchev–Trinajstić information content (AvgIpc) is 2.72. The van der Waals surface area contributed by atoms with E-state index in [4.69, 9.17) is 5.73 Å². The number of anilines is 2. The fourth-order valence-corrected chi connectivity index (χ4v) is 4.79. The fourth-order valence-electron chi connectivity index (χ4n) is 4.79. The molecule has 2 aliphatic heterocycles. The zero-order valence-corrected chi connectivity index (χ0v) is 17.8. The van der Waals surface area contributed by atoms with E-state index < -0.39 is 6.36 Å². The van der Waals surface area contributed by atoms with Gasteiger partial charge in [0, 0.05) is 18.8 Å². The number of nitrogens with two attached hydrogens (primary N) is 1. The number of alkyl halides is 3. The van der Waals surface area contributed by atoms with Crippen LogP contribution in [0, 0.1) is 5.82 Å². The van der Waals surface area contributed by atoms with E-state index in [0.29, 0.717) is 12.2 Å². The van der Waals surface area contributed by atoms with Crippen LogP contribution in [0.15, 0.2) is 48.7 Å². The molecule has 0 bridgehead atoms. The molecule has 0 unspecified atom stereocenters. The summed E-state index contributed by atoms with van der Waals surface area (Å²) in [7, 11) is 0. The van der Waals surface area contributed by atoms with Gasteiger partial charge in [0.25, 0.3) is 0 Å². The summed E-state index contributed by atoms with van der Waals surface area (Å²) in [6.45, 7) is 7.36. The number of fused-ring (bicyclic) bond motifs is 1. The fraction of sp³-hybridized carbons (Fsp3) is 0.417. The van der Waals surface area contributed by atoms with Crippen LogP contribution in [0.5, 0.6) is 5.75 Å². The van der Waals surface area contributed by atoms with Crippen LogP contribution < -0.4 is 15.4 Å². The van der Waals surface area contributed by atoms with E-state index in [9.17, 15) is 17.6 Å². The van der Waals surface area contributed by atoms with Crippen molar-refractivity contribution >= 4 is 11.4 Å². The van der Waals surface area contributed by atoms with Gasteiger partial charge in [-0.1, -0.05) is 18.7 Å².